The van der Waals surface area contributed by atoms with Crippen LogP contribution in [0.3, 0.4) is 0 Å². The molecule has 1 saturated heterocycles. The van der Waals surface area contributed by atoms with Crippen LogP contribution in [0.4, 0.5) is 0 Å². The number of thiophene rings is 1. The van der Waals surface area contributed by atoms with Gasteiger partial charge in [-0.05, 0) is 32.6 Å². The van der Waals surface area contributed by atoms with Gasteiger partial charge in [-0.2, -0.15) is 4.31 Å². The Morgan fingerprint density at radius 2 is 2.21 bits per heavy atom. The maximum absolute atomic E-state index is 12.5. The highest BCUT2D eigenvalue weighted by atomic mass is 35.5. The van der Waals surface area contributed by atoms with E-state index in [2.05, 4.69) is 0 Å². The summed E-state index contributed by atoms with van der Waals surface area (Å²) in [5.74, 6) is 0. The SMILES string of the molecule is CN(C)CC1CC(O)CN1S(=O)(=O)c1ccc(Cl)s1. The minimum atomic E-state index is -3.56. The first kappa shape index (κ1) is 15.2. The maximum Gasteiger partial charge on any atom is 0.252 e. The van der Waals surface area contributed by atoms with Gasteiger partial charge in [-0.1, -0.05) is 11.6 Å². The zero-order chi connectivity index (χ0) is 14.2. The Labute approximate surface area is 122 Å². The average molecular weight is 325 g/mol. The number of likely N-dealkylation sites (N-methyl/N-ethyl adjacent to an activating group) is 1. The van der Waals surface area contributed by atoms with E-state index in [9.17, 15) is 13.5 Å². The number of nitrogens with zero attached hydrogens (tertiary/aromatic N) is 2. The quantitative estimate of drug-likeness (QED) is 0.900. The number of halogens is 1. The molecule has 0 radical (unpaired) electrons. The Kier molecular flexibility index (Phi) is 4.54. The summed E-state index contributed by atoms with van der Waals surface area (Å²) in [5, 5.41) is 9.75. The second-order valence-corrected chi connectivity index (χ2v) is 8.77. The highest BCUT2D eigenvalue weighted by Crippen LogP contribution is 2.32. The van der Waals surface area contributed by atoms with Gasteiger partial charge in [0, 0.05) is 19.1 Å². The summed E-state index contributed by atoms with van der Waals surface area (Å²) < 4.78 is 27.1. The molecule has 2 rings (SSSR count). The lowest BCUT2D eigenvalue weighted by Gasteiger charge is -2.25. The molecule has 2 unspecified atom stereocenters. The molecule has 0 spiro atoms. The van der Waals surface area contributed by atoms with E-state index < -0.39 is 16.1 Å². The van der Waals surface area contributed by atoms with Gasteiger partial charge in [0.15, 0.2) is 0 Å². The van der Waals surface area contributed by atoms with Gasteiger partial charge in [-0.25, -0.2) is 8.42 Å². The number of hydrogen-bond acceptors (Lipinski definition) is 5. The topological polar surface area (TPSA) is 60.9 Å². The van der Waals surface area contributed by atoms with Gasteiger partial charge in [0.1, 0.15) is 4.21 Å². The molecular formula is C11H17ClN2O3S2. The van der Waals surface area contributed by atoms with E-state index in [4.69, 9.17) is 11.6 Å². The summed E-state index contributed by atoms with van der Waals surface area (Å²) in [6, 6.07) is 2.89. The highest BCUT2D eigenvalue weighted by molar-refractivity contribution is 7.91. The second-order valence-electron chi connectivity index (χ2n) is 4.94. The van der Waals surface area contributed by atoms with Gasteiger partial charge in [0.25, 0.3) is 10.0 Å². The van der Waals surface area contributed by atoms with E-state index in [0.29, 0.717) is 17.3 Å². The standard InChI is InChI=1S/C11H17ClN2O3S2/c1-13(2)6-8-5-9(15)7-14(8)19(16,17)11-4-3-10(12)18-11/h3-4,8-9,15H,5-7H2,1-2H3. The van der Waals surface area contributed by atoms with Crippen molar-refractivity contribution in [3.8, 4) is 0 Å². The first-order chi connectivity index (χ1) is 8.80. The number of aliphatic hydroxyl groups excluding tert-OH is 1. The summed E-state index contributed by atoms with van der Waals surface area (Å²) in [6.07, 6.45) is -0.133. The summed E-state index contributed by atoms with van der Waals surface area (Å²) in [6.45, 7) is 0.742. The Morgan fingerprint density at radius 1 is 1.53 bits per heavy atom. The van der Waals surface area contributed by atoms with Gasteiger partial charge in [-0.3, -0.25) is 0 Å². The van der Waals surface area contributed by atoms with Crippen LogP contribution in [0, 0.1) is 0 Å². The van der Waals surface area contributed by atoms with E-state index in [-0.39, 0.29) is 16.8 Å². The Balaban J connectivity index is 2.28. The molecule has 0 saturated carbocycles. The summed E-state index contributed by atoms with van der Waals surface area (Å²) >= 11 is 6.84. The predicted octanol–water partition coefficient (Wildman–Crippen LogP) is 1.09. The van der Waals surface area contributed by atoms with Crippen LogP contribution in [0.25, 0.3) is 0 Å². The first-order valence-electron chi connectivity index (χ1n) is 5.90. The molecule has 0 bridgehead atoms. The van der Waals surface area contributed by atoms with Crippen molar-refractivity contribution >= 4 is 33.0 Å². The van der Waals surface area contributed by atoms with E-state index >= 15 is 0 Å². The lowest BCUT2D eigenvalue weighted by molar-refractivity contribution is 0.188. The monoisotopic (exact) mass is 324 g/mol. The smallest absolute Gasteiger partial charge is 0.252 e. The molecule has 0 amide bonds. The van der Waals surface area contributed by atoms with Crippen molar-refractivity contribution in [1.29, 1.82) is 0 Å². The van der Waals surface area contributed by atoms with E-state index in [1.54, 1.807) is 6.07 Å². The molecule has 1 N–H and O–H groups in total. The van der Waals surface area contributed by atoms with Gasteiger partial charge in [0.2, 0.25) is 0 Å². The lowest BCUT2D eigenvalue weighted by Crippen LogP contribution is -2.41. The van der Waals surface area contributed by atoms with Crippen LogP contribution < -0.4 is 0 Å². The van der Waals surface area contributed by atoms with Gasteiger partial charge >= 0.3 is 0 Å². The number of hydrogen-bond donors (Lipinski definition) is 1. The van der Waals surface area contributed by atoms with Crippen molar-refractivity contribution in [1.82, 2.24) is 9.21 Å². The van der Waals surface area contributed by atoms with Gasteiger partial charge in [-0.15, -0.1) is 11.3 Å². The van der Waals surface area contributed by atoms with Crippen LogP contribution in [-0.4, -0.2) is 62.1 Å². The van der Waals surface area contributed by atoms with Crippen molar-refractivity contribution in [2.75, 3.05) is 27.2 Å². The summed E-state index contributed by atoms with van der Waals surface area (Å²) in [5.41, 5.74) is 0. The molecule has 8 heteroatoms. The molecule has 1 aliphatic heterocycles. The molecule has 1 aromatic rings. The fraction of sp³-hybridized carbons (Fsp3) is 0.636. The third kappa shape index (κ3) is 3.29. The fourth-order valence-electron chi connectivity index (χ4n) is 2.30. The molecule has 1 aromatic heterocycles. The molecule has 5 nitrogen and oxygen atoms in total. The van der Waals surface area contributed by atoms with Crippen molar-refractivity contribution in [3.05, 3.63) is 16.5 Å². The minimum absolute atomic E-state index is 0.149. The van der Waals surface area contributed by atoms with Gasteiger partial charge in [0.05, 0.1) is 10.4 Å². The van der Waals surface area contributed by atoms with Crippen molar-refractivity contribution in [2.45, 2.75) is 22.8 Å². The largest absolute Gasteiger partial charge is 0.392 e. The number of rotatable bonds is 4. The van der Waals surface area contributed by atoms with Crippen LogP contribution in [0.2, 0.25) is 4.34 Å². The number of β-amino-alcohol motifs (C(OH)–C–C–N with tert-alkyl or cyclic N) is 1. The van der Waals surface area contributed by atoms with Gasteiger partial charge < -0.3 is 10.0 Å². The Hall–Kier alpha value is -0.180. The molecule has 2 heterocycles. The van der Waals surface area contributed by atoms with Crippen molar-refractivity contribution < 1.29 is 13.5 Å². The fourth-order valence-corrected chi connectivity index (χ4v) is 5.57. The molecule has 1 aliphatic rings. The van der Waals surface area contributed by atoms with E-state index in [1.165, 1.54) is 10.4 Å². The molecular weight excluding hydrogens is 308 g/mol. The zero-order valence-electron chi connectivity index (χ0n) is 10.8. The zero-order valence-corrected chi connectivity index (χ0v) is 13.2. The molecule has 1 fully saturated rings. The van der Waals surface area contributed by atoms with Crippen molar-refractivity contribution in [3.63, 3.8) is 0 Å². The van der Waals surface area contributed by atoms with Crippen LogP contribution >= 0.6 is 22.9 Å². The molecule has 19 heavy (non-hydrogen) atoms. The van der Waals surface area contributed by atoms with Crippen LogP contribution in [0.5, 0.6) is 0 Å². The number of aliphatic hydroxyl groups is 1. The molecule has 108 valence electrons. The highest BCUT2D eigenvalue weighted by Gasteiger charge is 2.40. The van der Waals surface area contributed by atoms with E-state index in [0.717, 1.165) is 11.3 Å². The van der Waals surface area contributed by atoms with Crippen molar-refractivity contribution in [2.24, 2.45) is 0 Å². The molecule has 0 aromatic carbocycles. The summed E-state index contributed by atoms with van der Waals surface area (Å²) in [4.78, 5) is 1.92. The maximum atomic E-state index is 12.5. The normalized spacial score (nSPS) is 25.3. The Bertz CT molecular complexity index is 544. The minimum Gasteiger partial charge on any atom is -0.392 e. The third-order valence-corrected chi connectivity index (χ3v) is 6.65. The summed E-state index contributed by atoms with van der Waals surface area (Å²) in [7, 11) is 0.208. The molecule has 0 aliphatic carbocycles. The molecule has 2 atom stereocenters. The third-order valence-electron chi connectivity index (χ3n) is 3.03. The number of sulfonamides is 1. The first-order valence-corrected chi connectivity index (χ1v) is 8.54. The van der Waals surface area contributed by atoms with Crippen LogP contribution in [0.15, 0.2) is 16.3 Å². The predicted molar refractivity (Wildman–Crippen MR) is 76.2 cm³/mol. The van der Waals surface area contributed by atoms with Crippen LogP contribution in [0.1, 0.15) is 6.42 Å². The second kappa shape index (κ2) is 5.67. The van der Waals surface area contributed by atoms with Crippen LogP contribution in [-0.2, 0) is 10.0 Å². The Morgan fingerprint density at radius 3 is 2.74 bits per heavy atom. The lowest BCUT2D eigenvalue weighted by atomic mass is 10.2. The van der Waals surface area contributed by atoms with E-state index in [1.807, 2.05) is 19.0 Å². The average Bonchev–Trinajstić information content (AvgIpc) is 2.85.